The van der Waals surface area contributed by atoms with Crippen molar-refractivity contribution in [2.75, 3.05) is 4.72 Å². The molecule has 0 amide bonds. The minimum absolute atomic E-state index is 0.0206. The number of hydrogen-bond donors (Lipinski definition) is 1. The number of aryl methyl sites for hydroxylation is 2. The number of halogens is 1. The minimum Gasteiger partial charge on any atom is -0.360 e. The van der Waals surface area contributed by atoms with Crippen LogP contribution < -0.4 is 4.72 Å². The fourth-order valence-corrected chi connectivity index (χ4v) is 2.94. The monoisotopic (exact) mass is 332 g/mol. The molecule has 96 valence electrons. The van der Waals surface area contributed by atoms with Crippen LogP contribution in [0.2, 0.25) is 0 Å². The Labute approximate surface area is 112 Å². The molecule has 0 saturated heterocycles. The molecule has 1 N–H and O–H groups in total. The van der Waals surface area contributed by atoms with Crippen LogP contribution in [0.4, 0.5) is 5.82 Å². The third-order valence-electron chi connectivity index (χ3n) is 2.10. The number of nitrogens with zero attached hydrogens (tertiary/aromatic N) is 3. The number of anilines is 1. The predicted molar refractivity (Wildman–Crippen MR) is 66.5 cm³/mol. The quantitative estimate of drug-likeness (QED) is 0.917. The molecule has 0 radical (unpaired) electrons. The lowest BCUT2D eigenvalue weighted by molar-refractivity contribution is 0.390. The van der Waals surface area contributed by atoms with Gasteiger partial charge in [-0.15, -0.1) is 0 Å². The van der Waals surface area contributed by atoms with Crippen LogP contribution in [-0.4, -0.2) is 23.5 Å². The summed E-state index contributed by atoms with van der Waals surface area (Å²) in [5.41, 5.74) is 0.296. The van der Waals surface area contributed by atoms with E-state index in [0.29, 0.717) is 10.3 Å². The highest BCUT2D eigenvalue weighted by molar-refractivity contribution is 9.10. The molecule has 7 nitrogen and oxygen atoms in total. The van der Waals surface area contributed by atoms with Gasteiger partial charge in [-0.2, -0.15) is 0 Å². The molecule has 18 heavy (non-hydrogen) atoms. The van der Waals surface area contributed by atoms with Crippen LogP contribution in [0.1, 0.15) is 11.5 Å². The van der Waals surface area contributed by atoms with Gasteiger partial charge in [0.2, 0.25) is 0 Å². The van der Waals surface area contributed by atoms with Crippen molar-refractivity contribution in [3.63, 3.8) is 0 Å². The Balaban J connectivity index is 2.36. The fourth-order valence-electron chi connectivity index (χ4n) is 1.41. The number of aromatic nitrogens is 3. The Morgan fingerprint density at radius 2 is 2.00 bits per heavy atom. The van der Waals surface area contributed by atoms with E-state index in [-0.39, 0.29) is 16.5 Å². The Hall–Kier alpha value is -1.48. The second-order valence-electron chi connectivity index (χ2n) is 3.48. The molecule has 9 heteroatoms. The van der Waals surface area contributed by atoms with Gasteiger partial charge in [-0.05, 0) is 29.8 Å². The van der Waals surface area contributed by atoms with Gasteiger partial charge in [0.25, 0.3) is 10.0 Å². The molecule has 2 rings (SSSR count). The summed E-state index contributed by atoms with van der Waals surface area (Å²) in [4.78, 5) is 7.78. The number of hydrogen-bond acceptors (Lipinski definition) is 6. The standard InChI is InChI=1S/C9H9BrN4O3S/c1-5-9(6(2)17-13-5)18(15,16)14-8-4-11-7(10)3-12-8/h3-4H,1-2H3,(H,12,14). The highest BCUT2D eigenvalue weighted by Gasteiger charge is 2.24. The third kappa shape index (κ3) is 2.51. The van der Waals surface area contributed by atoms with E-state index in [0.717, 1.165) is 0 Å². The van der Waals surface area contributed by atoms with Crippen molar-refractivity contribution in [1.29, 1.82) is 0 Å². The summed E-state index contributed by atoms with van der Waals surface area (Å²) >= 11 is 3.11. The van der Waals surface area contributed by atoms with Crippen molar-refractivity contribution in [1.82, 2.24) is 15.1 Å². The van der Waals surface area contributed by atoms with Crippen LogP contribution >= 0.6 is 15.9 Å². The van der Waals surface area contributed by atoms with Crippen molar-refractivity contribution in [2.24, 2.45) is 0 Å². The van der Waals surface area contributed by atoms with Gasteiger partial charge in [-0.3, -0.25) is 4.72 Å². The largest absolute Gasteiger partial charge is 0.360 e. The number of sulfonamides is 1. The molecule has 0 aliphatic carbocycles. The Morgan fingerprint density at radius 1 is 1.28 bits per heavy atom. The van der Waals surface area contributed by atoms with Crippen LogP contribution in [0.5, 0.6) is 0 Å². The smallest absolute Gasteiger partial charge is 0.268 e. The summed E-state index contributed by atoms with van der Waals surface area (Å²) in [5, 5.41) is 3.60. The first-order valence-electron chi connectivity index (χ1n) is 4.83. The third-order valence-corrected chi connectivity index (χ3v) is 4.10. The lowest BCUT2D eigenvalue weighted by Gasteiger charge is -2.05. The average molecular weight is 333 g/mol. The van der Waals surface area contributed by atoms with Crippen molar-refractivity contribution in [3.8, 4) is 0 Å². The van der Waals surface area contributed by atoms with E-state index in [2.05, 4.69) is 35.8 Å². The highest BCUT2D eigenvalue weighted by Crippen LogP contribution is 2.21. The molecule has 0 aliphatic heterocycles. The van der Waals surface area contributed by atoms with E-state index in [1.165, 1.54) is 19.3 Å². The zero-order valence-electron chi connectivity index (χ0n) is 9.51. The van der Waals surface area contributed by atoms with E-state index in [1.807, 2.05) is 0 Å². The van der Waals surface area contributed by atoms with Gasteiger partial charge in [0, 0.05) is 0 Å². The van der Waals surface area contributed by atoms with Crippen LogP contribution in [0.25, 0.3) is 0 Å². The molecule has 0 unspecified atom stereocenters. The number of nitrogens with one attached hydrogen (secondary N) is 1. The second-order valence-corrected chi connectivity index (χ2v) is 5.91. The molecular formula is C9H9BrN4O3S. The maximum atomic E-state index is 12.1. The van der Waals surface area contributed by atoms with Crippen molar-refractivity contribution < 1.29 is 12.9 Å². The first-order valence-corrected chi connectivity index (χ1v) is 7.11. The van der Waals surface area contributed by atoms with Gasteiger partial charge in [-0.1, -0.05) is 5.16 Å². The van der Waals surface area contributed by atoms with E-state index in [9.17, 15) is 8.42 Å². The molecule has 0 spiro atoms. The summed E-state index contributed by atoms with van der Waals surface area (Å²) in [6.45, 7) is 3.08. The van der Waals surface area contributed by atoms with E-state index in [4.69, 9.17) is 4.52 Å². The zero-order chi connectivity index (χ0) is 13.3. The second kappa shape index (κ2) is 4.65. The lowest BCUT2D eigenvalue weighted by Crippen LogP contribution is -2.15. The Morgan fingerprint density at radius 3 is 2.50 bits per heavy atom. The maximum absolute atomic E-state index is 12.1. The summed E-state index contributed by atoms with van der Waals surface area (Å²) in [5.74, 6) is 0.350. The SMILES string of the molecule is Cc1noc(C)c1S(=O)(=O)Nc1cnc(Br)cn1. The van der Waals surface area contributed by atoms with Crippen LogP contribution in [0, 0.1) is 13.8 Å². The molecule has 0 bridgehead atoms. The molecule has 0 atom stereocenters. The van der Waals surface area contributed by atoms with Gasteiger partial charge < -0.3 is 4.52 Å². The van der Waals surface area contributed by atoms with Gasteiger partial charge >= 0.3 is 0 Å². The minimum atomic E-state index is -3.77. The summed E-state index contributed by atoms with van der Waals surface area (Å²) < 4.78 is 31.8. The maximum Gasteiger partial charge on any atom is 0.268 e. The van der Waals surface area contributed by atoms with Crippen molar-refractivity contribution >= 4 is 31.8 Å². The van der Waals surface area contributed by atoms with Gasteiger partial charge in [-0.25, -0.2) is 18.4 Å². The molecule has 0 saturated carbocycles. The molecular weight excluding hydrogens is 324 g/mol. The molecule has 0 aromatic carbocycles. The first kappa shape index (κ1) is 13.0. The summed E-state index contributed by atoms with van der Waals surface area (Å²) in [7, 11) is -3.77. The molecule has 2 heterocycles. The lowest BCUT2D eigenvalue weighted by atomic mass is 10.4. The summed E-state index contributed by atoms with van der Waals surface area (Å²) in [6, 6.07) is 0. The fraction of sp³-hybridized carbons (Fsp3) is 0.222. The first-order chi connectivity index (χ1) is 8.40. The molecule has 0 aliphatic rings. The predicted octanol–water partition coefficient (Wildman–Crippen LogP) is 1.64. The van der Waals surface area contributed by atoms with E-state index >= 15 is 0 Å². The normalized spacial score (nSPS) is 11.5. The summed E-state index contributed by atoms with van der Waals surface area (Å²) in [6.07, 6.45) is 2.70. The average Bonchev–Trinajstić information content (AvgIpc) is 2.62. The molecule has 2 aromatic heterocycles. The van der Waals surface area contributed by atoms with Gasteiger partial charge in [0.05, 0.1) is 12.4 Å². The number of rotatable bonds is 3. The van der Waals surface area contributed by atoms with Crippen LogP contribution in [0.3, 0.4) is 0 Å². The molecule has 2 aromatic rings. The molecule has 0 fully saturated rings. The van der Waals surface area contributed by atoms with Crippen LogP contribution in [0.15, 0.2) is 26.4 Å². The van der Waals surface area contributed by atoms with Gasteiger partial charge in [0.15, 0.2) is 16.5 Å². The Kier molecular flexibility index (Phi) is 3.35. The highest BCUT2D eigenvalue weighted by atomic mass is 79.9. The van der Waals surface area contributed by atoms with Crippen molar-refractivity contribution in [2.45, 2.75) is 18.7 Å². The van der Waals surface area contributed by atoms with E-state index in [1.54, 1.807) is 6.92 Å². The van der Waals surface area contributed by atoms with Gasteiger partial charge in [0.1, 0.15) is 10.3 Å². The zero-order valence-corrected chi connectivity index (χ0v) is 11.9. The van der Waals surface area contributed by atoms with E-state index < -0.39 is 10.0 Å². The Bertz CT molecular complexity index is 646. The van der Waals surface area contributed by atoms with Crippen LogP contribution in [-0.2, 0) is 10.0 Å². The van der Waals surface area contributed by atoms with Crippen molar-refractivity contribution in [3.05, 3.63) is 28.5 Å². The topological polar surface area (TPSA) is 98.0 Å².